The lowest BCUT2D eigenvalue weighted by Crippen LogP contribution is -2.45. The second kappa shape index (κ2) is 6.64. The Labute approximate surface area is 139 Å². The van der Waals surface area contributed by atoms with Crippen LogP contribution in [0.15, 0.2) is 41.0 Å². The smallest absolute Gasteiger partial charge is 0.315 e. The van der Waals surface area contributed by atoms with E-state index in [1.807, 2.05) is 12.1 Å². The van der Waals surface area contributed by atoms with Gasteiger partial charge in [0.15, 0.2) is 0 Å². The molecule has 0 spiro atoms. The summed E-state index contributed by atoms with van der Waals surface area (Å²) in [6.45, 7) is 0.560. The summed E-state index contributed by atoms with van der Waals surface area (Å²) in [4.78, 5) is 11.9. The number of halogens is 1. The fraction of sp³-hybridized carbons (Fsp3) is 0.353. The van der Waals surface area contributed by atoms with Gasteiger partial charge in [0.2, 0.25) is 0 Å². The predicted molar refractivity (Wildman–Crippen MR) is 87.2 cm³/mol. The predicted octanol–water partition coefficient (Wildman–Crippen LogP) is 2.96. The first kappa shape index (κ1) is 15.9. The van der Waals surface area contributed by atoms with Crippen LogP contribution in [0, 0.1) is 0 Å². The fourth-order valence-electron chi connectivity index (χ4n) is 2.88. The van der Waals surface area contributed by atoms with E-state index in [0.29, 0.717) is 18.0 Å². The number of aryl methyl sites for hydroxylation is 1. The highest BCUT2D eigenvalue weighted by atomic mass is 35.5. The summed E-state index contributed by atoms with van der Waals surface area (Å²) in [7, 11) is 0. The van der Waals surface area contributed by atoms with Crippen molar-refractivity contribution < 1.29 is 14.3 Å². The maximum absolute atomic E-state index is 11.9. The zero-order valence-corrected chi connectivity index (χ0v) is 13.4. The van der Waals surface area contributed by atoms with Crippen LogP contribution in [0.3, 0.4) is 0 Å². The molecule has 1 aromatic carbocycles. The van der Waals surface area contributed by atoms with Crippen molar-refractivity contribution in [3.8, 4) is 0 Å². The van der Waals surface area contributed by atoms with Gasteiger partial charge in [-0.05, 0) is 36.6 Å². The van der Waals surface area contributed by atoms with Gasteiger partial charge in [0.1, 0.15) is 11.4 Å². The van der Waals surface area contributed by atoms with Crippen molar-refractivity contribution in [1.82, 2.24) is 10.6 Å². The van der Waals surface area contributed by atoms with Crippen molar-refractivity contribution >= 4 is 17.6 Å². The van der Waals surface area contributed by atoms with Crippen LogP contribution in [-0.4, -0.2) is 17.7 Å². The van der Waals surface area contributed by atoms with Crippen molar-refractivity contribution in [3.05, 3.63) is 58.5 Å². The molecule has 0 radical (unpaired) electrons. The highest BCUT2D eigenvalue weighted by molar-refractivity contribution is 6.30. The molecule has 1 heterocycles. The lowest BCUT2D eigenvalue weighted by molar-refractivity contribution is 0.0195. The van der Waals surface area contributed by atoms with Crippen LogP contribution in [0.2, 0.25) is 5.02 Å². The summed E-state index contributed by atoms with van der Waals surface area (Å²) in [6.07, 6.45) is 3.86. The molecular formula is C17H19ClN2O3. The lowest BCUT2D eigenvalue weighted by atomic mass is 9.83. The van der Waals surface area contributed by atoms with Crippen LogP contribution >= 0.6 is 11.6 Å². The van der Waals surface area contributed by atoms with Crippen molar-refractivity contribution in [2.24, 2.45) is 0 Å². The summed E-state index contributed by atoms with van der Waals surface area (Å²) < 4.78 is 5.37. The Kier molecular flexibility index (Phi) is 4.59. The number of furan rings is 1. The minimum absolute atomic E-state index is 0.159. The number of rotatable bonds is 4. The zero-order valence-electron chi connectivity index (χ0n) is 12.6. The van der Waals surface area contributed by atoms with E-state index in [1.54, 1.807) is 24.5 Å². The van der Waals surface area contributed by atoms with E-state index in [9.17, 15) is 9.90 Å². The van der Waals surface area contributed by atoms with Crippen LogP contribution in [0.25, 0.3) is 0 Å². The molecule has 5 nitrogen and oxygen atoms in total. The first-order valence-corrected chi connectivity index (χ1v) is 8.00. The molecule has 23 heavy (non-hydrogen) atoms. The summed E-state index contributed by atoms with van der Waals surface area (Å²) in [6, 6.07) is 8.74. The van der Waals surface area contributed by atoms with Crippen molar-refractivity contribution in [2.45, 2.75) is 31.4 Å². The molecule has 1 aromatic heterocycles. The number of hydrogen-bond donors (Lipinski definition) is 3. The number of amides is 2. The van der Waals surface area contributed by atoms with Crippen LogP contribution in [0.5, 0.6) is 0 Å². The Balaban J connectivity index is 1.52. The number of urea groups is 1. The molecule has 2 amide bonds. The first-order valence-electron chi connectivity index (χ1n) is 7.62. The highest BCUT2D eigenvalue weighted by Crippen LogP contribution is 2.35. The minimum Gasteiger partial charge on any atom is -0.469 e. The van der Waals surface area contributed by atoms with Gasteiger partial charge >= 0.3 is 6.03 Å². The van der Waals surface area contributed by atoms with E-state index < -0.39 is 5.60 Å². The molecule has 0 saturated carbocycles. The zero-order chi connectivity index (χ0) is 16.3. The molecule has 122 valence electrons. The first-order chi connectivity index (χ1) is 11.1. The largest absolute Gasteiger partial charge is 0.469 e. The van der Waals surface area contributed by atoms with E-state index >= 15 is 0 Å². The minimum atomic E-state index is -1.06. The van der Waals surface area contributed by atoms with Crippen molar-refractivity contribution in [2.75, 3.05) is 6.54 Å². The van der Waals surface area contributed by atoms with Crippen LogP contribution in [0.1, 0.15) is 29.7 Å². The third-order valence-corrected chi connectivity index (χ3v) is 4.40. The Morgan fingerprint density at radius 3 is 2.83 bits per heavy atom. The van der Waals surface area contributed by atoms with Gasteiger partial charge in [-0.15, -0.1) is 0 Å². The molecule has 1 unspecified atom stereocenters. The lowest BCUT2D eigenvalue weighted by Gasteiger charge is -2.31. The second-order valence-corrected chi connectivity index (χ2v) is 6.24. The number of carbonyl (C=O) groups is 1. The van der Waals surface area contributed by atoms with E-state index in [2.05, 4.69) is 10.6 Å². The molecule has 3 rings (SSSR count). The highest BCUT2D eigenvalue weighted by Gasteiger charge is 2.36. The van der Waals surface area contributed by atoms with E-state index in [0.717, 1.165) is 29.7 Å². The summed E-state index contributed by atoms with van der Waals surface area (Å²) in [5.41, 5.74) is 0.679. The third kappa shape index (κ3) is 3.68. The molecule has 2 aromatic rings. The Morgan fingerprint density at radius 2 is 2.04 bits per heavy atom. The molecule has 1 atom stereocenters. The number of hydrogen-bond acceptors (Lipinski definition) is 3. The van der Waals surface area contributed by atoms with Crippen LogP contribution in [-0.2, 0) is 18.6 Å². The Morgan fingerprint density at radius 1 is 1.26 bits per heavy atom. The average Bonchev–Trinajstić information content (AvgIpc) is 3.03. The standard InChI is InChI=1S/C17H19ClN2O3/c18-13-5-3-12(4-6-13)10-19-16(21)20-11-17(22)8-1-2-15-14(17)7-9-23-15/h3-7,9,22H,1-2,8,10-11H2,(H2,19,20,21). The average molecular weight is 335 g/mol. The van der Waals surface area contributed by atoms with Crippen LogP contribution in [0.4, 0.5) is 4.79 Å². The summed E-state index contributed by atoms with van der Waals surface area (Å²) in [5, 5.41) is 16.9. The number of benzene rings is 1. The van der Waals surface area contributed by atoms with Crippen molar-refractivity contribution in [3.63, 3.8) is 0 Å². The fourth-order valence-corrected chi connectivity index (χ4v) is 3.01. The topological polar surface area (TPSA) is 74.5 Å². The Hall–Kier alpha value is -1.98. The van der Waals surface area contributed by atoms with E-state index in [1.165, 1.54) is 0 Å². The van der Waals surface area contributed by atoms with Gasteiger partial charge < -0.3 is 20.2 Å². The summed E-state index contributed by atoms with van der Waals surface area (Å²) in [5.74, 6) is 0.808. The molecule has 0 saturated heterocycles. The molecule has 0 fully saturated rings. The SMILES string of the molecule is O=C(NCc1ccc(Cl)cc1)NCC1(O)CCCc2occc21. The Bertz CT molecular complexity index is 683. The quantitative estimate of drug-likeness (QED) is 0.804. The number of carbonyl (C=O) groups excluding carboxylic acids is 1. The molecule has 1 aliphatic rings. The molecule has 1 aliphatic carbocycles. The third-order valence-electron chi connectivity index (χ3n) is 4.15. The van der Waals surface area contributed by atoms with E-state index in [4.69, 9.17) is 16.0 Å². The number of aliphatic hydroxyl groups is 1. The van der Waals surface area contributed by atoms with Gasteiger partial charge in [-0.25, -0.2) is 4.79 Å². The number of fused-ring (bicyclic) bond motifs is 1. The van der Waals surface area contributed by atoms with Gasteiger partial charge in [0.25, 0.3) is 0 Å². The monoisotopic (exact) mass is 334 g/mol. The van der Waals surface area contributed by atoms with Gasteiger partial charge in [-0.1, -0.05) is 23.7 Å². The molecule has 0 aliphatic heterocycles. The number of nitrogens with one attached hydrogen (secondary N) is 2. The molecular weight excluding hydrogens is 316 g/mol. The molecule has 3 N–H and O–H groups in total. The summed E-state index contributed by atoms with van der Waals surface area (Å²) >= 11 is 5.82. The maximum atomic E-state index is 11.9. The van der Waals surface area contributed by atoms with Crippen LogP contribution < -0.4 is 10.6 Å². The maximum Gasteiger partial charge on any atom is 0.315 e. The van der Waals surface area contributed by atoms with E-state index in [-0.39, 0.29) is 12.6 Å². The van der Waals surface area contributed by atoms with Gasteiger partial charge in [-0.3, -0.25) is 0 Å². The normalized spacial score (nSPS) is 19.9. The molecule has 6 heteroatoms. The van der Waals surface area contributed by atoms with Crippen molar-refractivity contribution in [1.29, 1.82) is 0 Å². The van der Waals surface area contributed by atoms with Gasteiger partial charge in [0.05, 0.1) is 12.8 Å². The van der Waals surface area contributed by atoms with Gasteiger partial charge in [-0.2, -0.15) is 0 Å². The van der Waals surface area contributed by atoms with Gasteiger partial charge in [0, 0.05) is 23.6 Å². The molecule has 0 bridgehead atoms. The second-order valence-electron chi connectivity index (χ2n) is 5.81.